The van der Waals surface area contributed by atoms with Gasteiger partial charge in [0, 0.05) is 6.42 Å². The van der Waals surface area contributed by atoms with Crippen LogP contribution in [0.2, 0.25) is 0 Å². The first-order valence-corrected chi connectivity index (χ1v) is 6.35. The van der Waals surface area contributed by atoms with Crippen LogP contribution in [0.15, 0.2) is 11.6 Å². The second-order valence-corrected chi connectivity index (χ2v) is 4.94. The predicted molar refractivity (Wildman–Crippen MR) is 68.4 cm³/mol. The van der Waals surface area contributed by atoms with Gasteiger partial charge in [0.25, 0.3) is 0 Å². The quantitative estimate of drug-likeness (QED) is 0.643. The van der Waals surface area contributed by atoms with Gasteiger partial charge in [0.05, 0.1) is 6.10 Å². The van der Waals surface area contributed by atoms with Crippen molar-refractivity contribution in [2.45, 2.75) is 65.9 Å². The van der Waals surface area contributed by atoms with E-state index in [1.807, 2.05) is 13.0 Å². The van der Waals surface area contributed by atoms with E-state index in [0.29, 0.717) is 5.92 Å². The molecular formula is C14H26O2. The van der Waals surface area contributed by atoms with Crippen molar-refractivity contribution in [2.75, 3.05) is 0 Å². The summed E-state index contributed by atoms with van der Waals surface area (Å²) in [4.78, 5) is 11.7. The maximum atomic E-state index is 11.7. The molecule has 1 N–H and O–H groups in total. The summed E-state index contributed by atoms with van der Waals surface area (Å²) in [6.07, 6.45) is 5.52. The average molecular weight is 226 g/mol. The lowest BCUT2D eigenvalue weighted by Gasteiger charge is -2.09. The minimum absolute atomic E-state index is 0.0873. The fourth-order valence-corrected chi connectivity index (χ4v) is 1.44. The molecule has 0 amide bonds. The van der Waals surface area contributed by atoms with Crippen LogP contribution < -0.4 is 0 Å². The van der Waals surface area contributed by atoms with Gasteiger partial charge >= 0.3 is 0 Å². The van der Waals surface area contributed by atoms with Crippen LogP contribution in [0.4, 0.5) is 0 Å². The molecule has 0 aromatic carbocycles. The van der Waals surface area contributed by atoms with Gasteiger partial charge in [-0.1, -0.05) is 39.7 Å². The molecular weight excluding hydrogens is 200 g/mol. The van der Waals surface area contributed by atoms with Gasteiger partial charge in [0.1, 0.15) is 0 Å². The second kappa shape index (κ2) is 8.51. The summed E-state index contributed by atoms with van der Waals surface area (Å²) in [5.74, 6) is 0.664. The largest absolute Gasteiger partial charge is 0.393 e. The lowest BCUT2D eigenvalue weighted by molar-refractivity contribution is -0.117. The van der Waals surface area contributed by atoms with E-state index >= 15 is 0 Å². The van der Waals surface area contributed by atoms with Crippen LogP contribution in [-0.4, -0.2) is 17.0 Å². The molecule has 1 atom stereocenters. The molecule has 0 heterocycles. The summed E-state index contributed by atoms with van der Waals surface area (Å²) < 4.78 is 0. The first-order chi connectivity index (χ1) is 7.47. The van der Waals surface area contributed by atoms with Crippen molar-refractivity contribution in [1.29, 1.82) is 0 Å². The van der Waals surface area contributed by atoms with Crippen molar-refractivity contribution in [3.05, 3.63) is 11.6 Å². The second-order valence-electron chi connectivity index (χ2n) is 4.94. The maximum absolute atomic E-state index is 11.7. The first kappa shape index (κ1) is 15.4. The zero-order valence-electron chi connectivity index (χ0n) is 11.1. The molecule has 0 bridgehead atoms. The third-order valence-electron chi connectivity index (χ3n) is 2.65. The Morgan fingerprint density at radius 2 is 2.00 bits per heavy atom. The van der Waals surface area contributed by atoms with E-state index in [-0.39, 0.29) is 12.2 Å². The van der Waals surface area contributed by atoms with E-state index in [4.69, 9.17) is 0 Å². The van der Waals surface area contributed by atoms with Crippen LogP contribution in [0.1, 0.15) is 59.8 Å². The fourth-order valence-electron chi connectivity index (χ4n) is 1.44. The molecule has 0 aromatic heterocycles. The summed E-state index contributed by atoms with van der Waals surface area (Å²) in [5.41, 5.74) is 0.796. The van der Waals surface area contributed by atoms with Gasteiger partial charge in [-0.15, -0.1) is 0 Å². The summed E-state index contributed by atoms with van der Waals surface area (Å²) in [6.45, 7) is 8.19. The molecule has 0 radical (unpaired) electrons. The standard InChI is InChI=1S/C14H26O2/c1-5-6-7-13(15)10-14(16)12(4)9-8-11(2)3/h9,11,13,15H,5-8,10H2,1-4H3/b12-9+. The first-order valence-electron chi connectivity index (χ1n) is 6.35. The summed E-state index contributed by atoms with van der Waals surface area (Å²) >= 11 is 0. The average Bonchev–Trinajstić information content (AvgIpc) is 2.22. The number of aliphatic hydroxyl groups is 1. The van der Waals surface area contributed by atoms with E-state index in [1.165, 1.54) is 0 Å². The van der Waals surface area contributed by atoms with Crippen molar-refractivity contribution in [3.8, 4) is 0 Å². The molecule has 0 rings (SSSR count). The normalized spacial score (nSPS) is 14.2. The Kier molecular flexibility index (Phi) is 8.18. The molecule has 2 heteroatoms. The highest BCUT2D eigenvalue weighted by atomic mass is 16.3. The highest BCUT2D eigenvalue weighted by molar-refractivity contribution is 5.94. The summed E-state index contributed by atoms with van der Waals surface area (Å²) in [6, 6.07) is 0. The lowest BCUT2D eigenvalue weighted by Crippen LogP contribution is -2.14. The Balaban J connectivity index is 3.99. The van der Waals surface area contributed by atoms with E-state index in [9.17, 15) is 9.90 Å². The van der Waals surface area contributed by atoms with Gasteiger partial charge in [0.15, 0.2) is 5.78 Å². The van der Waals surface area contributed by atoms with Crippen LogP contribution >= 0.6 is 0 Å². The van der Waals surface area contributed by atoms with Crippen molar-refractivity contribution >= 4 is 5.78 Å². The minimum Gasteiger partial charge on any atom is -0.393 e. The van der Waals surface area contributed by atoms with E-state index < -0.39 is 6.10 Å². The molecule has 0 fully saturated rings. The van der Waals surface area contributed by atoms with Crippen LogP contribution in [0.25, 0.3) is 0 Å². The number of ketones is 1. The lowest BCUT2D eigenvalue weighted by atomic mass is 10.0. The van der Waals surface area contributed by atoms with Gasteiger partial charge in [-0.25, -0.2) is 0 Å². The van der Waals surface area contributed by atoms with Crippen molar-refractivity contribution in [2.24, 2.45) is 5.92 Å². The van der Waals surface area contributed by atoms with Crippen molar-refractivity contribution < 1.29 is 9.90 Å². The highest BCUT2D eigenvalue weighted by Gasteiger charge is 2.11. The zero-order chi connectivity index (χ0) is 12.6. The molecule has 0 spiro atoms. The van der Waals surface area contributed by atoms with Gasteiger partial charge in [0.2, 0.25) is 0 Å². The Morgan fingerprint density at radius 1 is 1.38 bits per heavy atom. The molecule has 0 aliphatic rings. The molecule has 0 aromatic rings. The number of Topliss-reactive ketones (excluding diaryl/α,β-unsaturated/α-hetero) is 1. The molecule has 2 nitrogen and oxygen atoms in total. The number of carbonyl (C=O) groups excluding carboxylic acids is 1. The van der Waals surface area contributed by atoms with E-state index in [1.54, 1.807) is 0 Å². The number of aliphatic hydroxyl groups excluding tert-OH is 1. The molecule has 0 aliphatic carbocycles. The van der Waals surface area contributed by atoms with Gasteiger partial charge < -0.3 is 5.11 Å². The molecule has 0 saturated heterocycles. The molecule has 16 heavy (non-hydrogen) atoms. The smallest absolute Gasteiger partial charge is 0.160 e. The number of hydrogen-bond acceptors (Lipinski definition) is 2. The van der Waals surface area contributed by atoms with Gasteiger partial charge in [-0.2, -0.15) is 0 Å². The van der Waals surface area contributed by atoms with Crippen LogP contribution in [0.3, 0.4) is 0 Å². The Labute approximate surface area is 99.7 Å². The highest BCUT2D eigenvalue weighted by Crippen LogP contribution is 2.10. The third-order valence-corrected chi connectivity index (χ3v) is 2.65. The Morgan fingerprint density at radius 3 is 2.50 bits per heavy atom. The maximum Gasteiger partial charge on any atom is 0.160 e. The molecule has 94 valence electrons. The topological polar surface area (TPSA) is 37.3 Å². The van der Waals surface area contributed by atoms with Crippen LogP contribution in [-0.2, 0) is 4.79 Å². The number of hydrogen-bond donors (Lipinski definition) is 1. The third kappa shape index (κ3) is 7.63. The Bertz CT molecular complexity index is 229. The SMILES string of the molecule is CCCCC(O)CC(=O)/C(C)=C/CC(C)C. The predicted octanol–water partition coefficient (Wildman–Crippen LogP) is 3.49. The van der Waals surface area contributed by atoms with Gasteiger partial charge in [-0.05, 0) is 31.3 Å². The van der Waals surface area contributed by atoms with E-state index in [2.05, 4.69) is 20.8 Å². The number of unbranched alkanes of at least 4 members (excludes halogenated alkanes) is 1. The monoisotopic (exact) mass is 226 g/mol. The van der Waals surface area contributed by atoms with E-state index in [0.717, 1.165) is 31.3 Å². The molecule has 0 aliphatic heterocycles. The molecule has 1 unspecified atom stereocenters. The van der Waals surface area contributed by atoms with Crippen molar-refractivity contribution in [3.63, 3.8) is 0 Å². The number of rotatable bonds is 8. The Hall–Kier alpha value is -0.630. The minimum atomic E-state index is -0.463. The van der Waals surface area contributed by atoms with Crippen LogP contribution in [0.5, 0.6) is 0 Å². The fraction of sp³-hybridized carbons (Fsp3) is 0.786. The van der Waals surface area contributed by atoms with Gasteiger partial charge in [-0.3, -0.25) is 4.79 Å². The number of carbonyl (C=O) groups is 1. The van der Waals surface area contributed by atoms with Crippen LogP contribution in [0, 0.1) is 5.92 Å². The number of allylic oxidation sites excluding steroid dienone is 2. The van der Waals surface area contributed by atoms with Crippen molar-refractivity contribution in [1.82, 2.24) is 0 Å². The molecule has 0 saturated carbocycles. The summed E-state index contributed by atoms with van der Waals surface area (Å²) in [7, 11) is 0. The summed E-state index contributed by atoms with van der Waals surface area (Å²) in [5, 5.41) is 9.63. The zero-order valence-corrected chi connectivity index (χ0v) is 11.1.